The number of hydrogen-bond donors (Lipinski definition) is 1. The Balaban J connectivity index is 2.70. The number of nitrogens with two attached hydrogens (primary N) is 1. The molecule has 0 saturated heterocycles. The summed E-state index contributed by atoms with van der Waals surface area (Å²) in [5.74, 6) is -0.768. The van der Waals surface area contributed by atoms with Crippen molar-refractivity contribution in [2.45, 2.75) is 26.7 Å². The summed E-state index contributed by atoms with van der Waals surface area (Å²) in [6, 6.07) is -1.01. The van der Waals surface area contributed by atoms with Gasteiger partial charge in [-0.05, 0) is 18.8 Å². The lowest BCUT2D eigenvalue weighted by atomic mass is 10.0. The van der Waals surface area contributed by atoms with Gasteiger partial charge in [-0.2, -0.15) is 4.90 Å². The Morgan fingerprint density at radius 3 is 2.47 bits per heavy atom. The summed E-state index contributed by atoms with van der Waals surface area (Å²) in [5, 5.41) is 0. The Morgan fingerprint density at radius 2 is 2.07 bits per heavy atom. The lowest BCUT2D eigenvalue weighted by Crippen LogP contribution is -2.40. The van der Waals surface area contributed by atoms with Crippen LogP contribution in [0.5, 0.6) is 0 Å². The van der Waals surface area contributed by atoms with Gasteiger partial charge in [-0.15, -0.1) is 0 Å². The molecule has 5 heteroatoms. The van der Waals surface area contributed by atoms with E-state index in [4.69, 9.17) is 5.73 Å². The molecule has 0 aliphatic carbocycles. The van der Waals surface area contributed by atoms with E-state index < -0.39 is 17.8 Å². The van der Waals surface area contributed by atoms with Crippen molar-refractivity contribution in [1.82, 2.24) is 4.90 Å². The second-order valence-electron chi connectivity index (χ2n) is 3.92. The van der Waals surface area contributed by atoms with Crippen molar-refractivity contribution in [2.75, 3.05) is 0 Å². The molecule has 1 aliphatic heterocycles. The fourth-order valence-electron chi connectivity index (χ4n) is 1.35. The molecule has 15 heavy (non-hydrogen) atoms. The number of hydrogen-bond acceptors (Lipinski definition) is 3. The van der Waals surface area contributed by atoms with Crippen molar-refractivity contribution in [2.24, 2.45) is 11.7 Å². The van der Waals surface area contributed by atoms with Crippen LogP contribution in [-0.4, -0.2) is 22.7 Å². The molecule has 0 radical (unpaired) electrons. The Labute approximate surface area is 87.9 Å². The van der Waals surface area contributed by atoms with Crippen LogP contribution >= 0.6 is 0 Å². The number of urea groups is 1. The second kappa shape index (κ2) is 4.25. The smallest absolute Gasteiger partial charge is 0.328 e. The Kier molecular flexibility index (Phi) is 3.24. The largest absolute Gasteiger partial charge is 0.351 e. The highest BCUT2D eigenvalue weighted by molar-refractivity contribution is 6.24. The average molecular weight is 210 g/mol. The van der Waals surface area contributed by atoms with Crippen LogP contribution in [0.3, 0.4) is 0 Å². The first-order valence-electron chi connectivity index (χ1n) is 4.82. The quantitative estimate of drug-likeness (QED) is 0.699. The van der Waals surface area contributed by atoms with Gasteiger partial charge >= 0.3 is 6.03 Å². The van der Waals surface area contributed by atoms with E-state index in [1.807, 2.05) is 13.8 Å². The van der Waals surface area contributed by atoms with Gasteiger partial charge in [0.1, 0.15) is 0 Å². The van der Waals surface area contributed by atoms with Crippen molar-refractivity contribution in [1.29, 1.82) is 0 Å². The van der Waals surface area contributed by atoms with E-state index in [0.717, 1.165) is 6.42 Å². The van der Waals surface area contributed by atoms with Crippen LogP contribution < -0.4 is 5.73 Å². The van der Waals surface area contributed by atoms with Crippen LogP contribution in [0.2, 0.25) is 0 Å². The van der Waals surface area contributed by atoms with Gasteiger partial charge in [0.05, 0.1) is 0 Å². The van der Waals surface area contributed by atoms with Gasteiger partial charge in [0.15, 0.2) is 0 Å². The van der Waals surface area contributed by atoms with Crippen LogP contribution in [0.25, 0.3) is 0 Å². The zero-order valence-corrected chi connectivity index (χ0v) is 8.82. The highest BCUT2D eigenvalue weighted by atomic mass is 16.2. The van der Waals surface area contributed by atoms with Crippen LogP contribution in [0, 0.1) is 5.92 Å². The predicted octanol–water partition coefficient (Wildman–Crippen LogP) is 0.796. The zero-order chi connectivity index (χ0) is 11.6. The summed E-state index contributed by atoms with van der Waals surface area (Å²) in [6.45, 7) is 4.04. The summed E-state index contributed by atoms with van der Waals surface area (Å²) in [6.07, 6.45) is 2.50. The Bertz CT molecular complexity index is 345. The highest BCUT2D eigenvalue weighted by Crippen LogP contribution is 2.19. The average Bonchev–Trinajstić information content (AvgIpc) is 2.37. The molecule has 5 nitrogen and oxygen atoms in total. The van der Waals surface area contributed by atoms with E-state index in [2.05, 4.69) is 0 Å². The first-order valence-corrected chi connectivity index (χ1v) is 4.82. The van der Waals surface area contributed by atoms with E-state index in [1.165, 1.54) is 6.08 Å². The number of carbonyl (C=O) groups excluding carboxylic acids is 3. The maximum Gasteiger partial charge on any atom is 0.328 e. The third kappa shape index (κ3) is 2.43. The van der Waals surface area contributed by atoms with E-state index in [9.17, 15) is 14.4 Å². The van der Waals surface area contributed by atoms with Crippen molar-refractivity contribution < 1.29 is 14.4 Å². The lowest BCUT2D eigenvalue weighted by molar-refractivity contribution is -0.133. The van der Waals surface area contributed by atoms with Crippen LogP contribution in [0.4, 0.5) is 4.79 Å². The van der Waals surface area contributed by atoms with Gasteiger partial charge in [0.2, 0.25) is 0 Å². The van der Waals surface area contributed by atoms with E-state index in [1.54, 1.807) is 0 Å². The number of primary amides is 1. The molecule has 0 aromatic heterocycles. The van der Waals surface area contributed by atoms with Crippen molar-refractivity contribution in [3.05, 3.63) is 11.6 Å². The topological polar surface area (TPSA) is 80.5 Å². The molecule has 0 spiro atoms. The van der Waals surface area contributed by atoms with Crippen molar-refractivity contribution in [3.8, 4) is 0 Å². The monoisotopic (exact) mass is 210 g/mol. The number of amides is 4. The zero-order valence-electron chi connectivity index (χ0n) is 8.82. The molecule has 82 valence electrons. The molecule has 1 aliphatic rings. The molecule has 0 aromatic carbocycles. The van der Waals surface area contributed by atoms with Gasteiger partial charge in [0.25, 0.3) is 11.8 Å². The molecular formula is C10H14N2O3. The summed E-state index contributed by atoms with van der Waals surface area (Å²) < 4.78 is 0. The molecule has 1 heterocycles. The van der Waals surface area contributed by atoms with E-state index in [0.29, 0.717) is 22.8 Å². The van der Waals surface area contributed by atoms with Gasteiger partial charge in [0, 0.05) is 11.6 Å². The predicted molar refractivity (Wildman–Crippen MR) is 53.6 cm³/mol. The van der Waals surface area contributed by atoms with Crippen LogP contribution in [0.15, 0.2) is 11.6 Å². The van der Waals surface area contributed by atoms with Crippen molar-refractivity contribution in [3.63, 3.8) is 0 Å². The van der Waals surface area contributed by atoms with Gasteiger partial charge in [-0.3, -0.25) is 9.59 Å². The third-order valence-electron chi connectivity index (χ3n) is 2.21. The SMILES string of the molecule is CC(C)CCC1=CC(=O)N(C(N)=O)C1=O. The Hall–Kier alpha value is -1.65. The molecule has 0 aromatic rings. The maximum atomic E-state index is 11.5. The first-order chi connectivity index (χ1) is 6.93. The molecule has 4 amide bonds. The summed E-state index contributed by atoms with van der Waals surface area (Å²) in [7, 11) is 0. The fourth-order valence-corrected chi connectivity index (χ4v) is 1.35. The molecule has 1 rings (SSSR count). The van der Waals surface area contributed by atoms with Crippen LogP contribution in [0.1, 0.15) is 26.7 Å². The normalized spacial score (nSPS) is 16.2. The number of imide groups is 3. The molecule has 0 atom stereocenters. The molecule has 0 saturated carbocycles. The molecule has 2 N–H and O–H groups in total. The van der Waals surface area contributed by atoms with Crippen LogP contribution in [-0.2, 0) is 9.59 Å². The Morgan fingerprint density at radius 1 is 1.47 bits per heavy atom. The molecule has 0 fully saturated rings. The lowest BCUT2D eigenvalue weighted by Gasteiger charge is -2.09. The maximum absolute atomic E-state index is 11.5. The van der Waals surface area contributed by atoms with Crippen molar-refractivity contribution >= 4 is 17.8 Å². The summed E-state index contributed by atoms with van der Waals surface area (Å²) in [5.41, 5.74) is 5.28. The second-order valence-corrected chi connectivity index (χ2v) is 3.92. The molecular weight excluding hydrogens is 196 g/mol. The summed E-state index contributed by atoms with van der Waals surface area (Å²) >= 11 is 0. The minimum absolute atomic E-state index is 0.368. The number of rotatable bonds is 3. The van der Waals surface area contributed by atoms with Gasteiger partial charge in [-0.1, -0.05) is 13.8 Å². The summed E-state index contributed by atoms with van der Waals surface area (Å²) in [4.78, 5) is 34.0. The first kappa shape index (κ1) is 11.4. The van der Waals surface area contributed by atoms with E-state index in [-0.39, 0.29) is 0 Å². The van der Waals surface area contributed by atoms with Gasteiger partial charge in [-0.25, -0.2) is 4.79 Å². The minimum atomic E-state index is -1.01. The highest BCUT2D eigenvalue weighted by Gasteiger charge is 2.34. The molecule has 0 bridgehead atoms. The standard InChI is InChI=1S/C10H14N2O3/c1-6(2)3-4-7-5-8(13)12(9(7)14)10(11)15/h5-6H,3-4H2,1-2H3,(H2,11,15). The van der Waals surface area contributed by atoms with E-state index >= 15 is 0 Å². The van der Waals surface area contributed by atoms with Gasteiger partial charge < -0.3 is 5.73 Å². The number of nitrogens with zero attached hydrogens (tertiary/aromatic N) is 1. The minimum Gasteiger partial charge on any atom is -0.351 e. The third-order valence-corrected chi connectivity index (χ3v) is 2.21. The fraction of sp³-hybridized carbons (Fsp3) is 0.500. The molecule has 0 unspecified atom stereocenters. The number of carbonyl (C=O) groups is 3.